The van der Waals surface area contributed by atoms with Gasteiger partial charge < -0.3 is 0 Å². The van der Waals surface area contributed by atoms with Crippen LogP contribution in [0.4, 0.5) is 0 Å². The maximum atomic E-state index is 10.6. The van der Waals surface area contributed by atoms with Crippen LogP contribution in [0.5, 0.6) is 0 Å². The molecule has 0 heterocycles. The van der Waals surface area contributed by atoms with Gasteiger partial charge in [0.25, 0.3) is 0 Å². The van der Waals surface area contributed by atoms with Crippen LogP contribution >= 0.6 is 27.5 Å². The third-order valence-corrected chi connectivity index (χ3v) is 2.50. The zero-order valence-corrected chi connectivity index (χ0v) is 8.41. The van der Waals surface area contributed by atoms with Crippen molar-refractivity contribution in [1.29, 1.82) is 0 Å². The fourth-order valence-electron chi connectivity index (χ4n) is 0.702. The van der Waals surface area contributed by atoms with Crippen LogP contribution in [0, 0.1) is 5.92 Å². The Kier molecular flexibility index (Phi) is 6.44. The molecule has 0 bridgehead atoms. The Balaban J connectivity index is 3.50. The molecule has 0 aliphatic heterocycles. The SMILES string of the molecule is CCCCC(CBr)C(=O)Cl. The minimum absolute atomic E-state index is 0.0154. The molecule has 0 aromatic heterocycles. The Morgan fingerprint density at radius 3 is 2.60 bits per heavy atom. The third-order valence-electron chi connectivity index (χ3n) is 1.41. The number of hydrogen-bond donors (Lipinski definition) is 0. The van der Waals surface area contributed by atoms with E-state index in [9.17, 15) is 4.79 Å². The van der Waals surface area contributed by atoms with Crippen molar-refractivity contribution in [3.8, 4) is 0 Å². The number of unbranched alkanes of at least 4 members (excludes halogenated alkanes) is 1. The maximum absolute atomic E-state index is 10.6. The quantitative estimate of drug-likeness (QED) is 0.521. The fraction of sp³-hybridized carbons (Fsp3) is 0.857. The second-order valence-electron chi connectivity index (χ2n) is 2.30. The highest BCUT2D eigenvalue weighted by Gasteiger charge is 2.12. The summed E-state index contributed by atoms with van der Waals surface area (Å²) in [5.74, 6) is 0.0154. The molecule has 0 aromatic carbocycles. The molecule has 0 spiro atoms. The summed E-state index contributed by atoms with van der Waals surface area (Å²) in [7, 11) is 0. The topological polar surface area (TPSA) is 17.1 Å². The molecule has 1 unspecified atom stereocenters. The summed E-state index contributed by atoms with van der Waals surface area (Å²) >= 11 is 8.55. The van der Waals surface area contributed by atoms with Gasteiger partial charge in [-0.1, -0.05) is 35.7 Å². The molecule has 0 aromatic rings. The summed E-state index contributed by atoms with van der Waals surface area (Å²) in [6.07, 6.45) is 3.10. The predicted molar refractivity (Wildman–Crippen MR) is 47.7 cm³/mol. The Hall–Kier alpha value is 0.440. The van der Waals surface area contributed by atoms with E-state index in [2.05, 4.69) is 22.9 Å². The smallest absolute Gasteiger partial charge is 0.225 e. The van der Waals surface area contributed by atoms with E-state index in [1.165, 1.54) is 0 Å². The first kappa shape index (κ1) is 10.4. The van der Waals surface area contributed by atoms with Gasteiger partial charge in [0, 0.05) is 11.2 Å². The molecular weight excluding hydrogens is 215 g/mol. The number of rotatable bonds is 5. The minimum Gasteiger partial charge on any atom is -0.281 e. The Labute approximate surface area is 75.3 Å². The van der Waals surface area contributed by atoms with Crippen molar-refractivity contribution in [1.82, 2.24) is 0 Å². The second kappa shape index (κ2) is 6.17. The summed E-state index contributed by atoms with van der Waals surface area (Å²) in [4.78, 5) is 10.6. The molecular formula is C7H12BrClO. The first-order valence-corrected chi connectivity index (χ1v) is 4.97. The van der Waals surface area contributed by atoms with Gasteiger partial charge in [0.2, 0.25) is 5.24 Å². The van der Waals surface area contributed by atoms with Crippen molar-refractivity contribution < 1.29 is 4.79 Å². The zero-order valence-electron chi connectivity index (χ0n) is 6.07. The van der Waals surface area contributed by atoms with E-state index in [4.69, 9.17) is 11.6 Å². The minimum atomic E-state index is -0.217. The molecule has 0 fully saturated rings. The van der Waals surface area contributed by atoms with E-state index in [1.54, 1.807) is 0 Å². The molecule has 0 amide bonds. The Bertz CT molecular complexity index is 106. The lowest BCUT2D eigenvalue weighted by molar-refractivity contribution is -0.114. The van der Waals surface area contributed by atoms with Crippen LogP contribution in [0.1, 0.15) is 26.2 Å². The highest BCUT2D eigenvalue weighted by molar-refractivity contribution is 9.09. The van der Waals surface area contributed by atoms with Gasteiger partial charge >= 0.3 is 0 Å². The lowest BCUT2D eigenvalue weighted by Gasteiger charge is -2.05. The average molecular weight is 228 g/mol. The number of carbonyl (C=O) groups is 1. The van der Waals surface area contributed by atoms with Gasteiger partial charge in [0.15, 0.2) is 0 Å². The van der Waals surface area contributed by atoms with E-state index >= 15 is 0 Å². The van der Waals surface area contributed by atoms with E-state index in [-0.39, 0.29) is 11.2 Å². The van der Waals surface area contributed by atoms with Crippen LogP contribution in [0.25, 0.3) is 0 Å². The zero-order chi connectivity index (χ0) is 7.98. The molecule has 0 saturated heterocycles. The summed E-state index contributed by atoms with van der Waals surface area (Å²) in [6.45, 7) is 2.10. The van der Waals surface area contributed by atoms with Gasteiger partial charge in [-0.15, -0.1) is 0 Å². The normalized spacial score (nSPS) is 13.1. The van der Waals surface area contributed by atoms with E-state index < -0.39 is 0 Å². The van der Waals surface area contributed by atoms with Gasteiger partial charge in [-0.2, -0.15) is 0 Å². The molecule has 0 radical (unpaired) electrons. The molecule has 1 nitrogen and oxygen atoms in total. The van der Waals surface area contributed by atoms with Crippen molar-refractivity contribution in [2.45, 2.75) is 26.2 Å². The van der Waals surface area contributed by atoms with Gasteiger partial charge in [-0.05, 0) is 18.0 Å². The largest absolute Gasteiger partial charge is 0.281 e. The molecule has 1 atom stereocenters. The van der Waals surface area contributed by atoms with Crippen LogP contribution in [0.15, 0.2) is 0 Å². The first-order valence-electron chi connectivity index (χ1n) is 3.47. The lowest BCUT2D eigenvalue weighted by atomic mass is 10.1. The van der Waals surface area contributed by atoms with Gasteiger partial charge in [0.05, 0.1) is 0 Å². The van der Waals surface area contributed by atoms with Crippen LogP contribution in [-0.4, -0.2) is 10.6 Å². The van der Waals surface area contributed by atoms with Crippen molar-refractivity contribution >= 4 is 32.8 Å². The summed E-state index contributed by atoms with van der Waals surface area (Å²) in [5.41, 5.74) is 0. The van der Waals surface area contributed by atoms with Crippen LogP contribution in [0.2, 0.25) is 0 Å². The fourth-order valence-corrected chi connectivity index (χ4v) is 1.69. The molecule has 60 valence electrons. The number of halogens is 2. The monoisotopic (exact) mass is 226 g/mol. The van der Waals surface area contributed by atoms with Gasteiger partial charge in [-0.3, -0.25) is 4.79 Å². The van der Waals surface area contributed by atoms with E-state index in [0.29, 0.717) is 5.33 Å². The van der Waals surface area contributed by atoms with E-state index in [0.717, 1.165) is 19.3 Å². The standard InChI is InChI=1S/C7H12BrClO/c1-2-3-4-6(5-8)7(9)10/h6H,2-5H2,1H3. The first-order chi connectivity index (χ1) is 4.72. The predicted octanol–water partition coefficient (Wildman–Crippen LogP) is 2.95. The molecule has 10 heavy (non-hydrogen) atoms. The molecule has 0 N–H and O–H groups in total. The van der Waals surface area contributed by atoms with Crippen molar-refractivity contribution in [3.05, 3.63) is 0 Å². The van der Waals surface area contributed by atoms with E-state index in [1.807, 2.05) is 0 Å². The average Bonchev–Trinajstić information content (AvgIpc) is 1.89. The summed E-state index contributed by atoms with van der Waals surface area (Å²) in [6, 6.07) is 0. The Morgan fingerprint density at radius 2 is 2.30 bits per heavy atom. The van der Waals surface area contributed by atoms with Crippen LogP contribution < -0.4 is 0 Å². The van der Waals surface area contributed by atoms with Crippen molar-refractivity contribution in [2.24, 2.45) is 5.92 Å². The van der Waals surface area contributed by atoms with Gasteiger partial charge in [0.1, 0.15) is 0 Å². The van der Waals surface area contributed by atoms with Gasteiger partial charge in [-0.25, -0.2) is 0 Å². The van der Waals surface area contributed by atoms with Crippen molar-refractivity contribution in [3.63, 3.8) is 0 Å². The lowest BCUT2D eigenvalue weighted by Crippen LogP contribution is -2.09. The molecule has 0 aliphatic carbocycles. The van der Waals surface area contributed by atoms with Crippen molar-refractivity contribution in [2.75, 3.05) is 5.33 Å². The Morgan fingerprint density at radius 1 is 1.70 bits per heavy atom. The summed E-state index contributed by atoms with van der Waals surface area (Å²) in [5, 5.41) is 0.473. The molecule has 0 aliphatic rings. The van der Waals surface area contributed by atoms with Crippen LogP contribution in [-0.2, 0) is 4.79 Å². The maximum Gasteiger partial charge on any atom is 0.225 e. The summed E-state index contributed by atoms with van der Waals surface area (Å²) < 4.78 is 0. The molecule has 3 heteroatoms. The highest BCUT2D eigenvalue weighted by atomic mass is 79.9. The number of hydrogen-bond acceptors (Lipinski definition) is 1. The second-order valence-corrected chi connectivity index (χ2v) is 3.32. The highest BCUT2D eigenvalue weighted by Crippen LogP contribution is 2.14. The van der Waals surface area contributed by atoms with Crippen LogP contribution in [0.3, 0.4) is 0 Å². The number of alkyl halides is 1. The molecule has 0 rings (SSSR count). The molecule has 0 saturated carbocycles. The third kappa shape index (κ3) is 4.29. The number of carbonyl (C=O) groups excluding carboxylic acids is 1.